The number of hydrogen-bond donors (Lipinski definition) is 1. The second kappa shape index (κ2) is 8.78. The van der Waals surface area contributed by atoms with Gasteiger partial charge in [0.1, 0.15) is 0 Å². The first kappa shape index (κ1) is 16.0. The number of ether oxygens (including phenoxy) is 1. The van der Waals surface area contributed by atoms with E-state index in [1.807, 2.05) is 11.3 Å². The third kappa shape index (κ3) is 5.17. The lowest BCUT2D eigenvalue weighted by molar-refractivity contribution is 0.160. The summed E-state index contributed by atoms with van der Waals surface area (Å²) < 4.78 is 5.07. The van der Waals surface area contributed by atoms with Crippen molar-refractivity contribution in [1.82, 2.24) is 10.2 Å². The first-order valence-corrected chi connectivity index (χ1v) is 8.63. The Balaban J connectivity index is 1.72. The summed E-state index contributed by atoms with van der Waals surface area (Å²) in [7, 11) is 1.76. The molecule has 1 fully saturated rings. The maximum atomic E-state index is 5.07. The monoisotopic (exact) mass is 296 g/mol. The van der Waals surface area contributed by atoms with Gasteiger partial charge in [-0.25, -0.2) is 0 Å². The van der Waals surface area contributed by atoms with Crippen LogP contribution in [0.25, 0.3) is 0 Å². The molecule has 0 amide bonds. The molecule has 2 rings (SSSR count). The van der Waals surface area contributed by atoms with Crippen molar-refractivity contribution in [3.8, 4) is 0 Å². The quantitative estimate of drug-likeness (QED) is 0.747. The smallest absolute Gasteiger partial charge is 0.0587 e. The number of rotatable bonds is 8. The molecule has 20 heavy (non-hydrogen) atoms. The molecule has 1 aromatic rings. The first-order valence-electron chi connectivity index (χ1n) is 7.81. The van der Waals surface area contributed by atoms with Crippen LogP contribution in [0.1, 0.15) is 29.5 Å². The molecule has 2 heterocycles. The van der Waals surface area contributed by atoms with Crippen molar-refractivity contribution in [3.05, 3.63) is 21.9 Å². The van der Waals surface area contributed by atoms with E-state index in [9.17, 15) is 0 Å². The van der Waals surface area contributed by atoms with E-state index in [2.05, 4.69) is 29.3 Å². The maximum Gasteiger partial charge on any atom is 0.0587 e. The molecule has 0 aliphatic carbocycles. The van der Waals surface area contributed by atoms with Crippen LogP contribution in [0, 0.1) is 5.92 Å². The molecule has 1 aliphatic heterocycles. The lowest BCUT2D eigenvalue weighted by atomic mass is 9.98. The number of aryl methyl sites for hydroxylation is 1. The third-order valence-corrected chi connectivity index (χ3v) is 5.18. The molecule has 4 heteroatoms. The van der Waals surface area contributed by atoms with Crippen LogP contribution in [0.2, 0.25) is 0 Å². The highest BCUT2D eigenvalue weighted by molar-refractivity contribution is 7.11. The standard InChI is InChI=1S/C16H28N2OS/c1-3-15-6-7-16(20-15)13-18-9-4-5-14(12-18)11-17-8-10-19-2/h6-7,14,17H,3-5,8-13H2,1-2H3. The first-order chi connectivity index (χ1) is 9.81. The molecule has 1 N–H and O–H groups in total. The highest BCUT2D eigenvalue weighted by Crippen LogP contribution is 2.22. The summed E-state index contributed by atoms with van der Waals surface area (Å²) in [5.74, 6) is 0.797. The van der Waals surface area contributed by atoms with Gasteiger partial charge in [-0.3, -0.25) is 4.90 Å². The van der Waals surface area contributed by atoms with Crippen LogP contribution in [-0.4, -0.2) is 44.8 Å². The average molecular weight is 296 g/mol. The van der Waals surface area contributed by atoms with Crippen molar-refractivity contribution < 1.29 is 4.74 Å². The largest absolute Gasteiger partial charge is 0.383 e. The van der Waals surface area contributed by atoms with Gasteiger partial charge in [0.15, 0.2) is 0 Å². The van der Waals surface area contributed by atoms with Gasteiger partial charge in [0, 0.05) is 36.5 Å². The topological polar surface area (TPSA) is 24.5 Å². The van der Waals surface area contributed by atoms with Crippen molar-refractivity contribution in [3.63, 3.8) is 0 Å². The van der Waals surface area contributed by atoms with E-state index in [1.165, 1.54) is 35.7 Å². The molecular formula is C16H28N2OS. The van der Waals surface area contributed by atoms with E-state index in [4.69, 9.17) is 4.74 Å². The summed E-state index contributed by atoms with van der Waals surface area (Å²) in [6.45, 7) is 8.78. The van der Waals surface area contributed by atoms with E-state index >= 15 is 0 Å². The van der Waals surface area contributed by atoms with Crippen LogP contribution >= 0.6 is 11.3 Å². The Bertz CT molecular complexity index is 380. The summed E-state index contributed by atoms with van der Waals surface area (Å²) in [6.07, 6.45) is 3.86. The van der Waals surface area contributed by atoms with E-state index in [-0.39, 0.29) is 0 Å². The Morgan fingerprint density at radius 3 is 3.00 bits per heavy atom. The molecule has 0 radical (unpaired) electrons. The highest BCUT2D eigenvalue weighted by Gasteiger charge is 2.19. The fourth-order valence-corrected chi connectivity index (χ4v) is 3.86. The van der Waals surface area contributed by atoms with Crippen molar-refractivity contribution in [2.75, 3.05) is 39.9 Å². The molecule has 1 aliphatic rings. The number of nitrogens with one attached hydrogen (secondary N) is 1. The molecule has 1 unspecified atom stereocenters. The van der Waals surface area contributed by atoms with Gasteiger partial charge in [-0.2, -0.15) is 0 Å². The van der Waals surface area contributed by atoms with E-state index in [0.717, 1.165) is 38.6 Å². The van der Waals surface area contributed by atoms with Gasteiger partial charge in [-0.15, -0.1) is 11.3 Å². The molecule has 3 nitrogen and oxygen atoms in total. The number of hydrogen-bond acceptors (Lipinski definition) is 4. The van der Waals surface area contributed by atoms with Crippen molar-refractivity contribution in [1.29, 1.82) is 0 Å². The Morgan fingerprint density at radius 2 is 2.25 bits per heavy atom. The number of thiophene rings is 1. The Kier molecular flexibility index (Phi) is 7.00. The number of methoxy groups -OCH3 is 1. The van der Waals surface area contributed by atoms with Gasteiger partial charge in [-0.1, -0.05) is 6.92 Å². The maximum absolute atomic E-state index is 5.07. The zero-order valence-electron chi connectivity index (χ0n) is 12.9. The third-order valence-electron chi connectivity index (χ3n) is 3.96. The Labute approximate surface area is 127 Å². The fourth-order valence-electron chi connectivity index (χ4n) is 2.86. The zero-order chi connectivity index (χ0) is 14.2. The van der Waals surface area contributed by atoms with Crippen LogP contribution in [0.3, 0.4) is 0 Å². The molecule has 0 saturated carbocycles. The Hall–Kier alpha value is -0.420. The van der Waals surface area contributed by atoms with Gasteiger partial charge in [0.25, 0.3) is 0 Å². The van der Waals surface area contributed by atoms with Gasteiger partial charge in [-0.05, 0) is 50.4 Å². The Morgan fingerprint density at radius 1 is 1.40 bits per heavy atom. The van der Waals surface area contributed by atoms with Gasteiger partial charge in [0.2, 0.25) is 0 Å². The SMILES string of the molecule is CCc1ccc(CN2CCCC(CNCCOC)C2)s1. The summed E-state index contributed by atoms with van der Waals surface area (Å²) in [5.41, 5.74) is 0. The predicted octanol–water partition coefficient (Wildman–Crippen LogP) is 2.76. The van der Waals surface area contributed by atoms with Crippen molar-refractivity contribution in [2.24, 2.45) is 5.92 Å². The molecular weight excluding hydrogens is 268 g/mol. The van der Waals surface area contributed by atoms with Crippen LogP contribution < -0.4 is 5.32 Å². The lowest BCUT2D eigenvalue weighted by Crippen LogP contribution is -2.39. The second-order valence-corrected chi connectivity index (χ2v) is 6.91. The summed E-state index contributed by atoms with van der Waals surface area (Å²) in [5, 5.41) is 3.50. The van der Waals surface area contributed by atoms with Gasteiger partial charge in [0.05, 0.1) is 6.61 Å². The number of piperidine rings is 1. The van der Waals surface area contributed by atoms with E-state index < -0.39 is 0 Å². The average Bonchev–Trinajstić information content (AvgIpc) is 2.92. The molecule has 1 aromatic heterocycles. The summed E-state index contributed by atoms with van der Waals surface area (Å²) in [6, 6.07) is 4.59. The number of nitrogens with zero attached hydrogens (tertiary/aromatic N) is 1. The second-order valence-electron chi connectivity index (χ2n) is 5.66. The van der Waals surface area contributed by atoms with Crippen LogP contribution in [0.5, 0.6) is 0 Å². The summed E-state index contributed by atoms with van der Waals surface area (Å²) >= 11 is 1.98. The van der Waals surface area contributed by atoms with Crippen molar-refractivity contribution in [2.45, 2.75) is 32.7 Å². The normalized spacial score (nSPS) is 20.4. The fraction of sp³-hybridized carbons (Fsp3) is 0.750. The molecule has 1 atom stereocenters. The van der Waals surface area contributed by atoms with Crippen LogP contribution in [0.15, 0.2) is 12.1 Å². The van der Waals surface area contributed by atoms with E-state index in [1.54, 1.807) is 7.11 Å². The molecule has 1 saturated heterocycles. The van der Waals surface area contributed by atoms with Crippen molar-refractivity contribution >= 4 is 11.3 Å². The van der Waals surface area contributed by atoms with Crippen LogP contribution in [0.4, 0.5) is 0 Å². The minimum absolute atomic E-state index is 0.797. The van der Waals surface area contributed by atoms with E-state index in [0.29, 0.717) is 0 Å². The predicted molar refractivity (Wildman–Crippen MR) is 86.4 cm³/mol. The lowest BCUT2D eigenvalue weighted by Gasteiger charge is -2.32. The molecule has 0 aromatic carbocycles. The zero-order valence-corrected chi connectivity index (χ0v) is 13.7. The molecule has 0 bridgehead atoms. The highest BCUT2D eigenvalue weighted by atomic mass is 32.1. The summed E-state index contributed by atoms with van der Waals surface area (Å²) in [4.78, 5) is 5.65. The minimum atomic E-state index is 0.797. The van der Waals surface area contributed by atoms with Gasteiger partial charge < -0.3 is 10.1 Å². The van der Waals surface area contributed by atoms with Gasteiger partial charge >= 0.3 is 0 Å². The van der Waals surface area contributed by atoms with Crippen LogP contribution in [-0.2, 0) is 17.7 Å². The molecule has 0 spiro atoms. The molecule has 114 valence electrons. The number of likely N-dealkylation sites (tertiary alicyclic amines) is 1. The minimum Gasteiger partial charge on any atom is -0.383 e.